The Labute approximate surface area is 185 Å². The minimum Gasteiger partial charge on any atom is -0.351 e. The molecule has 0 N–H and O–H groups in total. The van der Waals surface area contributed by atoms with Gasteiger partial charge in [-0.3, -0.25) is 0 Å². The summed E-state index contributed by atoms with van der Waals surface area (Å²) in [6.07, 6.45) is 0. The third-order valence-corrected chi connectivity index (χ3v) is 5.73. The summed E-state index contributed by atoms with van der Waals surface area (Å²) in [7, 11) is 0. The van der Waals surface area contributed by atoms with Crippen molar-refractivity contribution in [2.24, 2.45) is 0 Å². The summed E-state index contributed by atoms with van der Waals surface area (Å²) in [5.41, 5.74) is 4.62. The van der Waals surface area contributed by atoms with Crippen molar-refractivity contribution < 1.29 is 0 Å². The Bertz CT molecular complexity index is 1100. The van der Waals surface area contributed by atoms with Crippen LogP contribution < -0.4 is 4.90 Å². The molecule has 0 aliphatic rings. The normalized spacial score (nSPS) is 11.6. The van der Waals surface area contributed by atoms with Crippen LogP contribution in [-0.2, 0) is 0 Å². The molecule has 31 heavy (non-hydrogen) atoms. The molecule has 0 aliphatic carbocycles. The van der Waals surface area contributed by atoms with Gasteiger partial charge in [0.05, 0.1) is 11.4 Å². The minimum atomic E-state index is -0.0203. The van der Waals surface area contributed by atoms with E-state index in [2.05, 4.69) is 118 Å². The van der Waals surface area contributed by atoms with Crippen LogP contribution in [0.1, 0.15) is 56.1 Å². The van der Waals surface area contributed by atoms with Crippen LogP contribution in [0.15, 0.2) is 78.9 Å². The largest absolute Gasteiger partial charge is 0.351 e. The number of aromatic nitrogens is 2. The molecule has 4 aromatic rings. The monoisotopic (exact) mass is 409 g/mol. The van der Waals surface area contributed by atoms with Crippen molar-refractivity contribution in [3.8, 4) is 0 Å². The van der Waals surface area contributed by atoms with Crippen molar-refractivity contribution in [3.05, 3.63) is 101 Å². The molecule has 0 radical (unpaired) electrons. The van der Waals surface area contributed by atoms with E-state index in [0.717, 1.165) is 22.5 Å². The minimum absolute atomic E-state index is 0.0203. The van der Waals surface area contributed by atoms with Crippen molar-refractivity contribution in [2.45, 2.75) is 52.6 Å². The van der Waals surface area contributed by atoms with E-state index in [0.29, 0.717) is 12.1 Å². The zero-order valence-corrected chi connectivity index (χ0v) is 19.1. The van der Waals surface area contributed by atoms with Gasteiger partial charge in [0.2, 0.25) is 0 Å². The molecule has 0 fully saturated rings. The molecule has 0 saturated heterocycles. The number of nitrogens with zero attached hydrogens (tertiary/aromatic N) is 3. The molecule has 1 heterocycles. The SMILES string of the molecule is Cc1ccc2nc(C(c3ccccc3)c3ccccc3)nc(N(C(C)C)C(C)C)c2c1. The van der Waals surface area contributed by atoms with Crippen LogP contribution in [0.5, 0.6) is 0 Å². The van der Waals surface area contributed by atoms with E-state index in [1.807, 2.05) is 0 Å². The molecular weight excluding hydrogens is 378 g/mol. The average molecular weight is 410 g/mol. The highest BCUT2D eigenvalue weighted by atomic mass is 15.2. The summed E-state index contributed by atoms with van der Waals surface area (Å²) in [5.74, 6) is 1.84. The number of hydrogen-bond acceptors (Lipinski definition) is 3. The number of benzene rings is 3. The molecular formula is C28H31N3. The standard InChI is InChI=1S/C28H31N3/c1-19(2)31(20(3)4)28-24-18-21(5)16-17-25(24)29-27(30-28)26(22-12-8-6-9-13-22)23-14-10-7-11-15-23/h6-20,26H,1-5H3. The lowest BCUT2D eigenvalue weighted by Crippen LogP contribution is -2.38. The van der Waals surface area contributed by atoms with Crippen LogP contribution in [0.3, 0.4) is 0 Å². The van der Waals surface area contributed by atoms with E-state index >= 15 is 0 Å². The maximum absolute atomic E-state index is 5.25. The predicted molar refractivity (Wildman–Crippen MR) is 131 cm³/mol. The van der Waals surface area contributed by atoms with Crippen molar-refractivity contribution in [1.29, 1.82) is 0 Å². The van der Waals surface area contributed by atoms with Gasteiger partial charge >= 0.3 is 0 Å². The number of rotatable bonds is 6. The first-order valence-electron chi connectivity index (χ1n) is 11.1. The van der Waals surface area contributed by atoms with Crippen molar-refractivity contribution in [1.82, 2.24) is 9.97 Å². The van der Waals surface area contributed by atoms with Gasteiger partial charge in [0.15, 0.2) is 0 Å². The maximum Gasteiger partial charge on any atom is 0.143 e. The predicted octanol–water partition coefficient (Wildman–Crippen LogP) is 6.74. The van der Waals surface area contributed by atoms with Crippen molar-refractivity contribution in [3.63, 3.8) is 0 Å². The molecule has 0 bridgehead atoms. The molecule has 1 aromatic heterocycles. The van der Waals surface area contributed by atoms with Gasteiger partial charge < -0.3 is 4.90 Å². The third-order valence-electron chi connectivity index (χ3n) is 5.73. The summed E-state index contributed by atoms with van der Waals surface area (Å²) in [5, 5.41) is 1.12. The topological polar surface area (TPSA) is 29.0 Å². The Morgan fingerprint density at radius 3 is 1.74 bits per heavy atom. The van der Waals surface area contributed by atoms with Gasteiger partial charge in [0.25, 0.3) is 0 Å². The highest BCUT2D eigenvalue weighted by molar-refractivity contribution is 5.90. The molecule has 3 heteroatoms. The van der Waals surface area contributed by atoms with E-state index < -0.39 is 0 Å². The van der Waals surface area contributed by atoms with E-state index in [9.17, 15) is 0 Å². The number of anilines is 1. The number of hydrogen-bond donors (Lipinski definition) is 0. The second-order valence-corrected chi connectivity index (χ2v) is 8.78. The fraction of sp³-hybridized carbons (Fsp3) is 0.286. The first-order valence-corrected chi connectivity index (χ1v) is 11.1. The van der Waals surface area contributed by atoms with Gasteiger partial charge in [-0.1, -0.05) is 72.3 Å². The van der Waals surface area contributed by atoms with Crippen molar-refractivity contribution in [2.75, 3.05) is 4.90 Å². The Hall–Kier alpha value is -3.20. The van der Waals surface area contributed by atoms with Crippen LogP contribution in [-0.4, -0.2) is 22.1 Å². The highest BCUT2D eigenvalue weighted by Gasteiger charge is 2.25. The Morgan fingerprint density at radius 1 is 0.677 bits per heavy atom. The van der Waals surface area contributed by atoms with Gasteiger partial charge in [0.1, 0.15) is 11.6 Å². The lowest BCUT2D eigenvalue weighted by atomic mass is 9.90. The number of aryl methyl sites for hydroxylation is 1. The van der Waals surface area contributed by atoms with E-state index in [1.54, 1.807) is 0 Å². The molecule has 0 spiro atoms. The number of fused-ring (bicyclic) bond motifs is 1. The fourth-order valence-corrected chi connectivity index (χ4v) is 4.44. The molecule has 158 valence electrons. The highest BCUT2D eigenvalue weighted by Crippen LogP contribution is 2.34. The molecule has 0 amide bonds. The molecule has 0 unspecified atom stereocenters. The lowest BCUT2D eigenvalue weighted by Gasteiger charge is -2.33. The lowest BCUT2D eigenvalue weighted by molar-refractivity contribution is 0.600. The molecule has 4 rings (SSSR count). The second-order valence-electron chi connectivity index (χ2n) is 8.78. The first-order chi connectivity index (χ1) is 15.0. The molecule has 3 nitrogen and oxygen atoms in total. The van der Waals surface area contributed by atoms with E-state index in [-0.39, 0.29) is 5.92 Å². The van der Waals surface area contributed by atoms with Crippen LogP contribution >= 0.6 is 0 Å². The molecule has 3 aromatic carbocycles. The van der Waals surface area contributed by atoms with Crippen molar-refractivity contribution >= 4 is 16.7 Å². The molecule has 0 aliphatic heterocycles. The average Bonchev–Trinajstić information content (AvgIpc) is 2.75. The van der Waals surface area contributed by atoms with Gasteiger partial charge in [0, 0.05) is 17.5 Å². The van der Waals surface area contributed by atoms with Gasteiger partial charge in [-0.2, -0.15) is 0 Å². The summed E-state index contributed by atoms with van der Waals surface area (Å²) < 4.78 is 0. The third kappa shape index (κ3) is 4.32. The van der Waals surface area contributed by atoms with Crippen LogP contribution in [0.4, 0.5) is 5.82 Å². The zero-order chi connectivity index (χ0) is 22.0. The smallest absolute Gasteiger partial charge is 0.143 e. The zero-order valence-electron chi connectivity index (χ0n) is 19.1. The van der Waals surface area contributed by atoms with Gasteiger partial charge in [-0.15, -0.1) is 0 Å². The quantitative estimate of drug-likeness (QED) is 0.353. The van der Waals surface area contributed by atoms with E-state index in [1.165, 1.54) is 16.7 Å². The fourth-order valence-electron chi connectivity index (χ4n) is 4.44. The second kappa shape index (κ2) is 8.89. The van der Waals surface area contributed by atoms with Crippen LogP contribution in [0, 0.1) is 6.92 Å². The van der Waals surface area contributed by atoms with Crippen LogP contribution in [0.25, 0.3) is 10.9 Å². The molecule has 0 atom stereocenters. The summed E-state index contributed by atoms with van der Waals surface area (Å²) in [6, 6.07) is 28.3. The maximum atomic E-state index is 5.25. The summed E-state index contributed by atoms with van der Waals surface area (Å²) in [4.78, 5) is 12.7. The van der Waals surface area contributed by atoms with Gasteiger partial charge in [-0.25, -0.2) is 9.97 Å². The molecule has 0 saturated carbocycles. The summed E-state index contributed by atoms with van der Waals surface area (Å²) in [6.45, 7) is 11.1. The van der Waals surface area contributed by atoms with E-state index in [4.69, 9.17) is 9.97 Å². The Balaban J connectivity index is 2.01. The Morgan fingerprint density at radius 2 is 1.23 bits per heavy atom. The Kier molecular flexibility index (Phi) is 6.03. The van der Waals surface area contributed by atoms with Crippen LogP contribution in [0.2, 0.25) is 0 Å². The first kappa shape index (κ1) is 21.0. The van der Waals surface area contributed by atoms with Gasteiger partial charge in [-0.05, 0) is 57.9 Å². The summed E-state index contributed by atoms with van der Waals surface area (Å²) >= 11 is 0.